The van der Waals surface area contributed by atoms with Crippen LogP contribution >= 0.6 is 0 Å². The minimum absolute atomic E-state index is 0.0967. The minimum Gasteiger partial charge on any atom is -0.478 e. The van der Waals surface area contributed by atoms with Crippen LogP contribution in [-0.2, 0) is 11.2 Å². The van der Waals surface area contributed by atoms with Gasteiger partial charge in [0.1, 0.15) is 5.60 Å². The monoisotopic (exact) mass is 279 g/mol. The van der Waals surface area contributed by atoms with Gasteiger partial charge in [-0.1, -0.05) is 12.1 Å². The molecule has 0 unspecified atom stereocenters. The molecule has 1 amide bonds. The van der Waals surface area contributed by atoms with Crippen molar-refractivity contribution >= 4 is 12.1 Å². The third-order valence-electron chi connectivity index (χ3n) is 2.51. The van der Waals surface area contributed by atoms with Crippen molar-refractivity contribution in [2.24, 2.45) is 0 Å². The molecule has 0 aliphatic carbocycles. The first-order valence-electron chi connectivity index (χ1n) is 6.49. The number of alkyl carbamates (subject to hydrolysis) is 1. The van der Waals surface area contributed by atoms with Crippen LogP contribution in [0.5, 0.6) is 0 Å². The van der Waals surface area contributed by atoms with Crippen LogP contribution in [0.4, 0.5) is 4.79 Å². The summed E-state index contributed by atoms with van der Waals surface area (Å²) in [5.74, 6) is -0.948. The maximum atomic E-state index is 11.6. The van der Waals surface area contributed by atoms with Gasteiger partial charge in [-0.3, -0.25) is 0 Å². The molecule has 0 aliphatic heterocycles. The molecule has 1 aromatic rings. The highest BCUT2D eigenvalue weighted by atomic mass is 16.6. The van der Waals surface area contributed by atoms with E-state index in [0.717, 1.165) is 5.56 Å². The van der Waals surface area contributed by atoms with Crippen molar-refractivity contribution in [3.63, 3.8) is 0 Å². The smallest absolute Gasteiger partial charge is 0.407 e. The third kappa shape index (κ3) is 5.73. The van der Waals surface area contributed by atoms with Gasteiger partial charge >= 0.3 is 12.1 Å². The topological polar surface area (TPSA) is 75.6 Å². The van der Waals surface area contributed by atoms with Crippen molar-refractivity contribution in [2.75, 3.05) is 0 Å². The standard InChI is InChI=1S/C15H21NO4/c1-10(16-14(19)20-15(2,3)4)9-11-5-7-12(8-6-11)13(17)18/h5-8,10H,9H2,1-4H3,(H,16,19)(H,17,18)/t10-/m1/s1. The van der Waals surface area contributed by atoms with E-state index >= 15 is 0 Å². The summed E-state index contributed by atoms with van der Waals surface area (Å²) >= 11 is 0. The van der Waals surface area contributed by atoms with Crippen LogP contribution in [0.25, 0.3) is 0 Å². The van der Waals surface area contributed by atoms with E-state index in [1.807, 2.05) is 27.7 Å². The van der Waals surface area contributed by atoms with E-state index in [4.69, 9.17) is 9.84 Å². The summed E-state index contributed by atoms with van der Waals surface area (Å²) in [5, 5.41) is 11.6. The van der Waals surface area contributed by atoms with Gasteiger partial charge in [0.05, 0.1) is 5.56 Å². The van der Waals surface area contributed by atoms with E-state index < -0.39 is 17.7 Å². The second-order valence-electron chi connectivity index (χ2n) is 5.75. The Morgan fingerprint density at radius 1 is 1.25 bits per heavy atom. The Hall–Kier alpha value is -2.04. The minimum atomic E-state index is -0.948. The van der Waals surface area contributed by atoms with Gasteiger partial charge < -0.3 is 15.2 Å². The molecule has 0 aliphatic rings. The summed E-state index contributed by atoms with van der Waals surface area (Å²) in [6.45, 7) is 7.29. The molecule has 0 aromatic heterocycles. The van der Waals surface area contributed by atoms with E-state index in [1.54, 1.807) is 24.3 Å². The molecule has 0 radical (unpaired) electrons. The molecule has 1 aromatic carbocycles. The van der Waals surface area contributed by atoms with Crippen LogP contribution in [0.2, 0.25) is 0 Å². The van der Waals surface area contributed by atoms with Crippen LogP contribution in [0.3, 0.4) is 0 Å². The number of nitrogens with one attached hydrogen (secondary N) is 1. The van der Waals surface area contributed by atoms with Crippen LogP contribution in [0.1, 0.15) is 43.6 Å². The molecule has 0 fully saturated rings. The zero-order valence-corrected chi connectivity index (χ0v) is 12.3. The van der Waals surface area contributed by atoms with Crippen LogP contribution < -0.4 is 5.32 Å². The van der Waals surface area contributed by atoms with E-state index in [1.165, 1.54) is 0 Å². The summed E-state index contributed by atoms with van der Waals surface area (Å²) in [6, 6.07) is 6.50. The quantitative estimate of drug-likeness (QED) is 0.888. The summed E-state index contributed by atoms with van der Waals surface area (Å²) in [4.78, 5) is 22.3. The lowest BCUT2D eigenvalue weighted by atomic mass is 10.1. The van der Waals surface area contributed by atoms with Crippen LogP contribution in [0.15, 0.2) is 24.3 Å². The zero-order valence-electron chi connectivity index (χ0n) is 12.3. The van der Waals surface area contributed by atoms with Crippen molar-refractivity contribution < 1.29 is 19.4 Å². The maximum absolute atomic E-state index is 11.6. The fraction of sp³-hybridized carbons (Fsp3) is 0.467. The Kier molecular flexibility index (Phi) is 5.13. The molecule has 1 atom stereocenters. The Balaban J connectivity index is 2.52. The lowest BCUT2D eigenvalue weighted by Gasteiger charge is -2.22. The highest BCUT2D eigenvalue weighted by molar-refractivity contribution is 5.87. The zero-order chi connectivity index (χ0) is 15.3. The molecule has 1 rings (SSSR count). The Bertz CT molecular complexity index is 474. The van der Waals surface area contributed by atoms with Crippen LogP contribution in [0, 0.1) is 0 Å². The fourth-order valence-electron chi connectivity index (χ4n) is 1.70. The molecule has 110 valence electrons. The molecule has 0 heterocycles. The molecule has 0 saturated heterocycles. The predicted octanol–water partition coefficient (Wildman–Crippen LogP) is 2.84. The number of aromatic carboxylic acids is 1. The molecule has 0 saturated carbocycles. The molecule has 0 bridgehead atoms. The molecule has 0 spiro atoms. The fourth-order valence-corrected chi connectivity index (χ4v) is 1.70. The van der Waals surface area contributed by atoms with E-state index in [0.29, 0.717) is 6.42 Å². The van der Waals surface area contributed by atoms with Crippen molar-refractivity contribution in [1.82, 2.24) is 5.32 Å². The maximum Gasteiger partial charge on any atom is 0.407 e. The van der Waals surface area contributed by atoms with Crippen molar-refractivity contribution in [1.29, 1.82) is 0 Å². The Labute approximate surface area is 118 Å². The van der Waals surface area contributed by atoms with Crippen molar-refractivity contribution in [2.45, 2.75) is 45.8 Å². The van der Waals surface area contributed by atoms with E-state index in [-0.39, 0.29) is 11.6 Å². The van der Waals surface area contributed by atoms with Gasteiger partial charge in [-0.05, 0) is 51.8 Å². The first-order chi connectivity index (χ1) is 9.17. The summed E-state index contributed by atoms with van der Waals surface area (Å²) in [6.07, 6.45) is 0.159. The summed E-state index contributed by atoms with van der Waals surface area (Å²) in [7, 11) is 0. The summed E-state index contributed by atoms with van der Waals surface area (Å²) in [5.41, 5.74) is 0.687. The number of benzene rings is 1. The number of rotatable bonds is 4. The van der Waals surface area contributed by atoms with Gasteiger partial charge in [0, 0.05) is 6.04 Å². The lowest BCUT2D eigenvalue weighted by Crippen LogP contribution is -2.38. The average molecular weight is 279 g/mol. The number of amides is 1. The second-order valence-corrected chi connectivity index (χ2v) is 5.75. The van der Waals surface area contributed by atoms with E-state index in [2.05, 4.69) is 5.32 Å². The van der Waals surface area contributed by atoms with Crippen molar-refractivity contribution in [3.05, 3.63) is 35.4 Å². The molecule has 5 heteroatoms. The van der Waals surface area contributed by atoms with Gasteiger partial charge in [0.25, 0.3) is 0 Å². The Morgan fingerprint density at radius 2 is 1.80 bits per heavy atom. The van der Waals surface area contributed by atoms with Gasteiger partial charge in [-0.2, -0.15) is 0 Å². The largest absolute Gasteiger partial charge is 0.478 e. The highest BCUT2D eigenvalue weighted by Crippen LogP contribution is 2.09. The van der Waals surface area contributed by atoms with Gasteiger partial charge in [-0.25, -0.2) is 9.59 Å². The van der Waals surface area contributed by atoms with Gasteiger partial charge in [0.15, 0.2) is 0 Å². The second kappa shape index (κ2) is 6.41. The predicted molar refractivity (Wildman–Crippen MR) is 75.9 cm³/mol. The molecule has 2 N–H and O–H groups in total. The first kappa shape index (κ1) is 16.0. The van der Waals surface area contributed by atoms with Gasteiger partial charge in [0.2, 0.25) is 0 Å². The molecular formula is C15H21NO4. The lowest BCUT2D eigenvalue weighted by molar-refractivity contribution is 0.0508. The highest BCUT2D eigenvalue weighted by Gasteiger charge is 2.17. The van der Waals surface area contributed by atoms with E-state index in [9.17, 15) is 9.59 Å². The van der Waals surface area contributed by atoms with Gasteiger partial charge in [-0.15, -0.1) is 0 Å². The first-order valence-corrected chi connectivity index (χ1v) is 6.49. The van der Waals surface area contributed by atoms with Crippen molar-refractivity contribution in [3.8, 4) is 0 Å². The number of hydrogen-bond donors (Lipinski definition) is 2. The third-order valence-corrected chi connectivity index (χ3v) is 2.51. The number of ether oxygens (including phenoxy) is 1. The molecular weight excluding hydrogens is 258 g/mol. The number of carbonyl (C=O) groups is 2. The normalized spacial score (nSPS) is 12.6. The van der Waals surface area contributed by atoms with Crippen LogP contribution in [-0.4, -0.2) is 28.8 Å². The Morgan fingerprint density at radius 3 is 2.25 bits per heavy atom. The number of carbonyl (C=O) groups excluding carboxylic acids is 1. The summed E-state index contributed by atoms with van der Waals surface area (Å²) < 4.78 is 5.17. The number of hydrogen-bond acceptors (Lipinski definition) is 3. The number of carboxylic acid groups (broad SMARTS) is 1. The number of carboxylic acids is 1. The molecule has 5 nitrogen and oxygen atoms in total. The SMILES string of the molecule is C[C@H](Cc1ccc(C(=O)O)cc1)NC(=O)OC(C)(C)C. The average Bonchev–Trinajstić information content (AvgIpc) is 2.26. The molecule has 20 heavy (non-hydrogen) atoms.